The lowest BCUT2D eigenvalue weighted by molar-refractivity contribution is -0.133. The van der Waals surface area contributed by atoms with Crippen LogP contribution >= 0.6 is 12.4 Å². The fourth-order valence-corrected chi connectivity index (χ4v) is 2.18. The van der Waals surface area contributed by atoms with Gasteiger partial charge < -0.3 is 15.5 Å². The largest absolute Gasteiger partial charge is 0.338 e. The number of carbonyl (C=O) groups excluding carboxylic acids is 2. The average Bonchev–Trinajstić information content (AvgIpc) is 2.46. The summed E-state index contributed by atoms with van der Waals surface area (Å²) in [6.07, 6.45) is 0. The molecule has 1 aromatic carbocycles. The zero-order valence-electron chi connectivity index (χ0n) is 11.5. The number of nitrogens with zero attached hydrogens (tertiary/aromatic N) is 2. The highest BCUT2D eigenvalue weighted by molar-refractivity contribution is 5.94. The molecule has 2 rings (SSSR count). The van der Waals surface area contributed by atoms with Crippen LogP contribution < -0.4 is 5.73 Å². The first-order valence-corrected chi connectivity index (χ1v) is 6.48. The molecule has 1 aliphatic rings. The van der Waals surface area contributed by atoms with Crippen LogP contribution in [0.2, 0.25) is 0 Å². The summed E-state index contributed by atoms with van der Waals surface area (Å²) in [5, 5.41) is 0. The van der Waals surface area contributed by atoms with Gasteiger partial charge in [0.1, 0.15) is 0 Å². The summed E-state index contributed by atoms with van der Waals surface area (Å²) in [6.45, 7) is 3.92. The third-order valence-corrected chi connectivity index (χ3v) is 3.29. The molecule has 2 amide bonds. The fraction of sp³-hybridized carbons (Fsp3) is 0.429. The van der Waals surface area contributed by atoms with E-state index in [1.807, 2.05) is 30.3 Å². The number of hydrogen-bond acceptors (Lipinski definition) is 3. The quantitative estimate of drug-likeness (QED) is 0.875. The van der Waals surface area contributed by atoms with Crippen LogP contribution in [0.25, 0.3) is 0 Å². The number of piperazine rings is 1. The Balaban J connectivity index is 0.00000200. The number of hydrogen-bond donors (Lipinski definition) is 1. The standard InChI is InChI=1S/C14H19N3O2.ClH/c1-11(15)13(18)16-7-9-17(10-8-16)14(19)12-5-3-2-4-6-12;/h2-6,11H,7-10,15H2,1H3;1H/t11-;/m0./s1. The molecule has 1 fully saturated rings. The van der Waals surface area contributed by atoms with Gasteiger partial charge in [0, 0.05) is 31.7 Å². The lowest BCUT2D eigenvalue weighted by atomic mass is 10.1. The van der Waals surface area contributed by atoms with Gasteiger partial charge in [0.25, 0.3) is 5.91 Å². The molecule has 0 aromatic heterocycles. The van der Waals surface area contributed by atoms with Crippen LogP contribution in [-0.2, 0) is 4.79 Å². The van der Waals surface area contributed by atoms with Crippen LogP contribution in [0.3, 0.4) is 0 Å². The van der Waals surface area contributed by atoms with Crippen molar-refractivity contribution in [3.63, 3.8) is 0 Å². The molecule has 1 heterocycles. The molecular weight excluding hydrogens is 278 g/mol. The van der Waals surface area contributed by atoms with Gasteiger partial charge in [-0.25, -0.2) is 0 Å². The first-order valence-electron chi connectivity index (χ1n) is 6.48. The normalized spacial score (nSPS) is 16.3. The van der Waals surface area contributed by atoms with Crippen molar-refractivity contribution in [3.8, 4) is 0 Å². The fourth-order valence-electron chi connectivity index (χ4n) is 2.18. The Kier molecular flexibility index (Phi) is 5.98. The van der Waals surface area contributed by atoms with Crippen molar-refractivity contribution in [3.05, 3.63) is 35.9 Å². The molecule has 1 aliphatic heterocycles. The Hall–Kier alpha value is -1.59. The molecule has 0 radical (unpaired) electrons. The van der Waals surface area contributed by atoms with E-state index in [4.69, 9.17) is 5.73 Å². The van der Waals surface area contributed by atoms with E-state index in [2.05, 4.69) is 0 Å². The van der Waals surface area contributed by atoms with Crippen LogP contribution in [0, 0.1) is 0 Å². The molecule has 1 atom stereocenters. The Morgan fingerprint density at radius 2 is 1.55 bits per heavy atom. The van der Waals surface area contributed by atoms with E-state index in [9.17, 15) is 9.59 Å². The molecule has 5 nitrogen and oxygen atoms in total. The highest BCUT2D eigenvalue weighted by atomic mass is 35.5. The Morgan fingerprint density at radius 1 is 1.05 bits per heavy atom. The SMILES string of the molecule is C[C@H](N)C(=O)N1CCN(C(=O)c2ccccc2)CC1.Cl. The lowest BCUT2D eigenvalue weighted by Gasteiger charge is -2.35. The molecule has 6 heteroatoms. The zero-order valence-corrected chi connectivity index (χ0v) is 12.3. The number of amides is 2. The predicted octanol–water partition coefficient (Wildman–Crippen LogP) is 0.740. The van der Waals surface area contributed by atoms with E-state index in [0.717, 1.165) is 0 Å². The van der Waals surface area contributed by atoms with Crippen molar-refractivity contribution in [2.75, 3.05) is 26.2 Å². The maximum atomic E-state index is 12.2. The van der Waals surface area contributed by atoms with Crippen LogP contribution in [0.1, 0.15) is 17.3 Å². The van der Waals surface area contributed by atoms with Gasteiger partial charge in [-0.1, -0.05) is 18.2 Å². The maximum absolute atomic E-state index is 12.2. The van der Waals surface area contributed by atoms with Gasteiger partial charge in [-0.3, -0.25) is 9.59 Å². The molecule has 0 aliphatic carbocycles. The summed E-state index contributed by atoms with van der Waals surface area (Å²) < 4.78 is 0. The summed E-state index contributed by atoms with van der Waals surface area (Å²) >= 11 is 0. The second-order valence-corrected chi connectivity index (χ2v) is 4.77. The monoisotopic (exact) mass is 297 g/mol. The second kappa shape index (κ2) is 7.26. The smallest absolute Gasteiger partial charge is 0.253 e. The molecule has 0 unspecified atom stereocenters. The highest BCUT2D eigenvalue weighted by Gasteiger charge is 2.25. The molecular formula is C14H20ClN3O2. The Labute approximate surface area is 125 Å². The van der Waals surface area contributed by atoms with Crippen LogP contribution in [-0.4, -0.2) is 53.8 Å². The van der Waals surface area contributed by atoms with Crippen molar-refractivity contribution < 1.29 is 9.59 Å². The topological polar surface area (TPSA) is 66.6 Å². The van der Waals surface area contributed by atoms with Crippen molar-refractivity contribution in [2.45, 2.75) is 13.0 Å². The third kappa shape index (κ3) is 3.71. The second-order valence-electron chi connectivity index (χ2n) is 4.77. The van der Waals surface area contributed by atoms with E-state index in [0.29, 0.717) is 31.7 Å². The van der Waals surface area contributed by atoms with Crippen molar-refractivity contribution in [2.24, 2.45) is 5.73 Å². The number of halogens is 1. The van der Waals surface area contributed by atoms with E-state index >= 15 is 0 Å². The van der Waals surface area contributed by atoms with Crippen LogP contribution in [0.15, 0.2) is 30.3 Å². The van der Waals surface area contributed by atoms with Gasteiger partial charge in [0.05, 0.1) is 6.04 Å². The highest BCUT2D eigenvalue weighted by Crippen LogP contribution is 2.09. The number of benzene rings is 1. The minimum absolute atomic E-state index is 0. The van der Waals surface area contributed by atoms with E-state index in [1.165, 1.54) is 0 Å². The molecule has 0 saturated carbocycles. The van der Waals surface area contributed by atoms with Gasteiger partial charge in [0.2, 0.25) is 5.91 Å². The van der Waals surface area contributed by atoms with E-state index in [1.54, 1.807) is 16.7 Å². The Bertz CT molecular complexity index is 457. The maximum Gasteiger partial charge on any atom is 0.253 e. The average molecular weight is 298 g/mol. The summed E-state index contributed by atoms with van der Waals surface area (Å²) in [5.74, 6) is -0.0275. The molecule has 20 heavy (non-hydrogen) atoms. The molecule has 2 N–H and O–H groups in total. The van der Waals surface area contributed by atoms with Crippen molar-refractivity contribution in [1.82, 2.24) is 9.80 Å². The number of rotatable bonds is 2. The summed E-state index contributed by atoms with van der Waals surface area (Å²) in [5.41, 5.74) is 6.27. The van der Waals surface area contributed by atoms with Gasteiger partial charge in [0.15, 0.2) is 0 Å². The predicted molar refractivity (Wildman–Crippen MR) is 79.8 cm³/mol. The molecule has 0 bridgehead atoms. The van der Waals surface area contributed by atoms with E-state index in [-0.39, 0.29) is 24.2 Å². The van der Waals surface area contributed by atoms with Gasteiger partial charge in [-0.2, -0.15) is 0 Å². The van der Waals surface area contributed by atoms with Crippen LogP contribution in [0.5, 0.6) is 0 Å². The summed E-state index contributed by atoms with van der Waals surface area (Å²) in [6, 6.07) is 8.72. The molecule has 1 aromatic rings. The van der Waals surface area contributed by atoms with Crippen LogP contribution in [0.4, 0.5) is 0 Å². The van der Waals surface area contributed by atoms with Gasteiger partial charge in [-0.05, 0) is 19.1 Å². The Morgan fingerprint density at radius 3 is 2.05 bits per heavy atom. The van der Waals surface area contributed by atoms with E-state index < -0.39 is 6.04 Å². The number of nitrogens with two attached hydrogens (primary N) is 1. The summed E-state index contributed by atoms with van der Waals surface area (Å²) in [4.78, 5) is 27.4. The minimum atomic E-state index is -0.476. The first-order chi connectivity index (χ1) is 9.09. The molecule has 0 spiro atoms. The summed E-state index contributed by atoms with van der Waals surface area (Å²) in [7, 11) is 0. The first kappa shape index (κ1) is 16.5. The zero-order chi connectivity index (χ0) is 13.8. The van der Waals surface area contributed by atoms with Gasteiger partial charge >= 0.3 is 0 Å². The van der Waals surface area contributed by atoms with Crippen molar-refractivity contribution >= 4 is 24.2 Å². The third-order valence-electron chi connectivity index (χ3n) is 3.29. The molecule has 110 valence electrons. The number of carbonyl (C=O) groups is 2. The molecule has 1 saturated heterocycles. The lowest BCUT2D eigenvalue weighted by Crippen LogP contribution is -2.53. The van der Waals surface area contributed by atoms with Crippen molar-refractivity contribution in [1.29, 1.82) is 0 Å². The van der Waals surface area contributed by atoms with Gasteiger partial charge in [-0.15, -0.1) is 12.4 Å². The minimum Gasteiger partial charge on any atom is -0.338 e.